The molecular formula is C23H29N5O4. The third-order valence-corrected chi connectivity index (χ3v) is 6.29. The molecule has 0 aliphatic carbocycles. The molecule has 2 saturated heterocycles. The van der Waals surface area contributed by atoms with E-state index in [0.717, 1.165) is 48.4 Å². The van der Waals surface area contributed by atoms with E-state index < -0.39 is 6.09 Å². The zero-order valence-electron chi connectivity index (χ0n) is 18.3. The zero-order valence-corrected chi connectivity index (χ0v) is 18.3. The Bertz CT molecular complexity index is 1010. The van der Waals surface area contributed by atoms with Gasteiger partial charge >= 0.3 is 6.09 Å². The molecule has 170 valence electrons. The molecular weight excluding hydrogens is 410 g/mol. The van der Waals surface area contributed by atoms with Crippen LogP contribution in [0.3, 0.4) is 0 Å². The van der Waals surface area contributed by atoms with E-state index in [2.05, 4.69) is 21.3 Å². The molecule has 2 N–H and O–H groups in total. The molecule has 0 saturated carbocycles. The first-order chi connectivity index (χ1) is 15.6. The fraction of sp³-hybridized carbons (Fsp3) is 0.522. The van der Waals surface area contributed by atoms with Crippen molar-refractivity contribution in [2.24, 2.45) is 5.92 Å². The Morgan fingerprint density at radius 2 is 2.12 bits per heavy atom. The third kappa shape index (κ3) is 4.65. The molecule has 9 nitrogen and oxygen atoms in total. The third-order valence-electron chi connectivity index (χ3n) is 6.29. The van der Waals surface area contributed by atoms with Gasteiger partial charge < -0.3 is 29.7 Å². The molecule has 1 aromatic heterocycles. The van der Waals surface area contributed by atoms with Crippen LogP contribution in [-0.4, -0.2) is 74.1 Å². The van der Waals surface area contributed by atoms with E-state index in [1.807, 2.05) is 12.1 Å². The number of methoxy groups -OCH3 is 1. The van der Waals surface area contributed by atoms with Crippen molar-refractivity contribution in [1.82, 2.24) is 15.2 Å². The number of hydrogen-bond acceptors (Lipinski definition) is 7. The first-order valence-corrected chi connectivity index (χ1v) is 11.1. The summed E-state index contributed by atoms with van der Waals surface area (Å²) in [6.45, 7) is 4.60. The van der Waals surface area contributed by atoms with Crippen LogP contribution >= 0.6 is 0 Å². The molecule has 2 fully saturated rings. The number of hydrogen-bond donors (Lipinski definition) is 2. The maximum Gasteiger partial charge on any atom is 0.407 e. The summed E-state index contributed by atoms with van der Waals surface area (Å²) in [5.41, 5.74) is 1.94. The van der Waals surface area contributed by atoms with Gasteiger partial charge in [0.25, 0.3) is 0 Å². The van der Waals surface area contributed by atoms with Crippen LogP contribution in [0.4, 0.5) is 10.5 Å². The number of carbonyl (C=O) groups is 1. The molecule has 0 spiro atoms. The summed E-state index contributed by atoms with van der Waals surface area (Å²) in [5, 5.41) is 23.1. The van der Waals surface area contributed by atoms with Crippen molar-refractivity contribution >= 4 is 22.7 Å². The number of anilines is 1. The molecule has 0 radical (unpaired) electrons. The number of nitriles is 1. The van der Waals surface area contributed by atoms with Gasteiger partial charge in [0.2, 0.25) is 0 Å². The number of aromatic nitrogens is 1. The Morgan fingerprint density at radius 1 is 1.31 bits per heavy atom. The fourth-order valence-corrected chi connectivity index (χ4v) is 4.52. The van der Waals surface area contributed by atoms with E-state index >= 15 is 0 Å². The largest absolute Gasteiger partial charge is 0.493 e. The van der Waals surface area contributed by atoms with Crippen molar-refractivity contribution in [1.29, 1.82) is 5.26 Å². The first-order valence-electron chi connectivity index (χ1n) is 11.1. The summed E-state index contributed by atoms with van der Waals surface area (Å²) in [6, 6.07) is 5.97. The summed E-state index contributed by atoms with van der Waals surface area (Å²) < 4.78 is 11.6. The number of amides is 1. The minimum Gasteiger partial charge on any atom is -0.493 e. The molecule has 1 amide bonds. The molecule has 1 atom stereocenters. The van der Waals surface area contributed by atoms with Crippen molar-refractivity contribution in [2.75, 3.05) is 57.9 Å². The number of pyridine rings is 1. The highest BCUT2D eigenvalue weighted by molar-refractivity contribution is 5.96. The monoisotopic (exact) mass is 439 g/mol. The Labute approximate surface area is 187 Å². The number of ether oxygens (including phenoxy) is 2. The van der Waals surface area contributed by atoms with Crippen LogP contribution in [0.2, 0.25) is 0 Å². The molecule has 4 rings (SSSR count). The van der Waals surface area contributed by atoms with E-state index in [-0.39, 0.29) is 0 Å². The predicted molar refractivity (Wildman–Crippen MR) is 121 cm³/mol. The molecule has 0 bridgehead atoms. The topological polar surface area (TPSA) is 111 Å². The number of rotatable bonds is 7. The average molecular weight is 440 g/mol. The Hall–Kier alpha value is -3.25. The fourth-order valence-electron chi connectivity index (χ4n) is 4.52. The van der Waals surface area contributed by atoms with Gasteiger partial charge in [-0.05, 0) is 44.3 Å². The summed E-state index contributed by atoms with van der Waals surface area (Å²) in [7, 11) is 1.60. The summed E-state index contributed by atoms with van der Waals surface area (Å²) in [6.07, 6.45) is 4.00. The van der Waals surface area contributed by atoms with Crippen LogP contribution in [-0.2, 0) is 0 Å². The number of nitrogens with zero attached hydrogens (tertiary/aromatic N) is 4. The van der Waals surface area contributed by atoms with Gasteiger partial charge in [-0.3, -0.25) is 4.98 Å². The number of carboxylic acid groups (broad SMARTS) is 1. The first kappa shape index (κ1) is 22.0. The van der Waals surface area contributed by atoms with Crippen LogP contribution in [0.25, 0.3) is 10.9 Å². The van der Waals surface area contributed by atoms with Gasteiger partial charge in [-0.15, -0.1) is 0 Å². The van der Waals surface area contributed by atoms with Crippen molar-refractivity contribution in [3.8, 4) is 17.6 Å². The smallest absolute Gasteiger partial charge is 0.407 e. The highest BCUT2D eigenvalue weighted by Gasteiger charge is 2.25. The molecule has 2 aliphatic rings. The van der Waals surface area contributed by atoms with Crippen molar-refractivity contribution in [3.63, 3.8) is 0 Å². The summed E-state index contributed by atoms with van der Waals surface area (Å²) >= 11 is 0. The van der Waals surface area contributed by atoms with Crippen LogP contribution in [0.15, 0.2) is 18.3 Å². The number of fused-ring (bicyclic) bond motifs is 1. The van der Waals surface area contributed by atoms with Gasteiger partial charge in [0.05, 0.1) is 30.5 Å². The van der Waals surface area contributed by atoms with Crippen LogP contribution in [0.5, 0.6) is 11.5 Å². The SMILES string of the molecule is COc1cc2c(N3CCN(C(=O)O)CC3)c(C#N)cnc2cc1OCCCC1CCNC1. The second-order valence-corrected chi connectivity index (χ2v) is 8.26. The number of piperazine rings is 1. The lowest BCUT2D eigenvalue weighted by molar-refractivity contribution is 0.142. The van der Waals surface area contributed by atoms with Gasteiger partial charge in [-0.2, -0.15) is 5.26 Å². The number of nitrogens with one attached hydrogen (secondary N) is 1. The highest BCUT2D eigenvalue weighted by Crippen LogP contribution is 2.38. The lowest BCUT2D eigenvalue weighted by atomic mass is 10.0. The summed E-state index contributed by atoms with van der Waals surface area (Å²) in [5.74, 6) is 1.97. The second-order valence-electron chi connectivity index (χ2n) is 8.26. The van der Waals surface area contributed by atoms with E-state index in [9.17, 15) is 15.2 Å². The van der Waals surface area contributed by atoms with Gasteiger partial charge in [-0.1, -0.05) is 0 Å². The molecule has 2 aromatic rings. The Kier molecular flexibility index (Phi) is 6.81. The van der Waals surface area contributed by atoms with Gasteiger partial charge in [-0.25, -0.2) is 4.79 Å². The Balaban J connectivity index is 1.56. The van der Waals surface area contributed by atoms with Gasteiger partial charge in [0.1, 0.15) is 6.07 Å². The molecule has 1 aromatic carbocycles. The van der Waals surface area contributed by atoms with Crippen LogP contribution < -0.4 is 19.7 Å². The molecule has 32 heavy (non-hydrogen) atoms. The quantitative estimate of drug-likeness (QED) is 0.634. The normalized spacial score (nSPS) is 18.6. The molecule has 1 unspecified atom stereocenters. The standard InChI is InChI=1S/C23H29N5O4/c1-31-20-11-18-19(12-21(20)32-10-2-3-16-4-5-25-14-16)26-15-17(13-24)22(18)27-6-8-28(9-7-27)23(29)30/h11-12,15-16,25H,2-10,14H2,1H3,(H,29,30). The lowest BCUT2D eigenvalue weighted by Crippen LogP contribution is -2.48. The predicted octanol–water partition coefficient (Wildman–Crippen LogP) is 2.68. The van der Waals surface area contributed by atoms with Crippen LogP contribution in [0, 0.1) is 17.2 Å². The number of benzene rings is 1. The zero-order chi connectivity index (χ0) is 22.5. The average Bonchev–Trinajstić information content (AvgIpc) is 3.34. The van der Waals surface area contributed by atoms with Crippen molar-refractivity contribution < 1.29 is 19.4 Å². The highest BCUT2D eigenvalue weighted by atomic mass is 16.5. The minimum atomic E-state index is -0.919. The van der Waals surface area contributed by atoms with E-state index in [1.54, 1.807) is 13.3 Å². The minimum absolute atomic E-state index is 0.388. The molecule has 3 heterocycles. The van der Waals surface area contributed by atoms with E-state index in [1.165, 1.54) is 11.3 Å². The molecule has 9 heteroatoms. The van der Waals surface area contributed by atoms with Gasteiger partial charge in [0, 0.05) is 43.8 Å². The van der Waals surface area contributed by atoms with Crippen molar-refractivity contribution in [3.05, 3.63) is 23.9 Å². The van der Waals surface area contributed by atoms with E-state index in [4.69, 9.17) is 9.47 Å². The lowest BCUT2D eigenvalue weighted by Gasteiger charge is -2.35. The molecule has 2 aliphatic heterocycles. The maximum absolute atomic E-state index is 11.2. The van der Waals surface area contributed by atoms with Crippen LogP contribution in [0.1, 0.15) is 24.8 Å². The van der Waals surface area contributed by atoms with E-state index in [0.29, 0.717) is 49.8 Å². The second kappa shape index (κ2) is 9.92. The maximum atomic E-state index is 11.2. The van der Waals surface area contributed by atoms with Gasteiger partial charge in [0.15, 0.2) is 11.5 Å². The van der Waals surface area contributed by atoms with Crippen molar-refractivity contribution in [2.45, 2.75) is 19.3 Å². The Morgan fingerprint density at radius 3 is 2.78 bits per heavy atom. The summed E-state index contributed by atoms with van der Waals surface area (Å²) in [4.78, 5) is 19.2.